The summed E-state index contributed by atoms with van der Waals surface area (Å²) in [5.41, 5.74) is 2.98. The van der Waals surface area contributed by atoms with Crippen molar-refractivity contribution in [2.45, 2.75) is 25.9 Å². The Balaban J connectivity index is 2.09. The second-order valence-electron chi connectivity index (χ2n) is 6.46. The van der Waals surface area contributed by atoms with Crippen LogP contribution < -0.4 is 14.2 Å². The van der Waals surface area contributed by atoms with Crippen molar-refractivity contribution in [1.82, 2.24) is 0 Å². The molecule has 2 N–H and O–H groups in total. The fourth-order valence-corrected chi connectivity index (χ4v) is 3.26. The van der Waals surface area contributed by atoms with Gasteiger partial charge in [0.2, 0.25) is 5.75 Å². The second-order valence-corrected chi connectivity index (χ2v) is 6.46. The first-order chi connectivity index (χ1) is 13.0. The number of fused-ring (bicyclic) bond motifs is 1. The van der Waals surface area contributed by atoms with E-state index in [4.69, 9.17) is 14.2 Å². The van der Waals surface area contributed by atoms with Gasteiger partial charge in [-0.3, -0.25) is 0 Å². The molecular weight excluding hydrogens is 344 g/mol. The van der Waals surface area contributed by atoms with Crippen LogP contribution in [0.15, 0.2) is 42.5 Å². The Kier molecular flexibility index (Phi) is 5.31. The maximum atomic E-state index is 10.6. The van der Waals surface area contributed by atoms with Crippen LogP contribution in [0.1, 0.15) is 36.1 Å². The fraction of sp³-hybridized carbons (Fsp3) is 0.273. The van der Waals surface area contributed by atoms with Gasteiger partial charge < -0.3 is 24.4 Å². The SMILES string of the molecule is C=C/C(C)=C/c1c(O)c(OC)c(O)c2c1OC(c1ccc(OC)cc1)CC2. The summed E-state index contributed by atoms with van der Waals surface area (Å²) in [6.45, 7) is 5.63. The van der Waals surface area contributed by atoms with Crippen molar-refractivity contribution >= 4 is 6.08 Å². The Morgan fingerprint density at radius 1 is 1.15 bits per heavy atom. The number of allylic oxidation sites excluding steroid dienone is 2. The molecule has 0 saturated carbocycles. The number of ether oxygens (including phenoxy) is 3. The number of hydrogen-bond donors (Lipinski definition) is 2. The Bertz CT molecular complexity index is 881. The number of methoxy groups -OCH3 is 2. The number of hydrogen-bond acceptors (Lipinski definition) is 5. The summed E-state index contributed by atoms with van der Waals surface area (Å²) >= 11 is 0. The number of phenols is 2. The average Bonchev–Trinajstić information content (AvgIpc) is 2.71. The lowest BCUT2D eigenvalue weighted by atomic mass is 9.93. The molecule has 1 unspecified atom stereocenters. The van der Waals surface area contributed by atoms with E-state index >= 15 is 0 Å². The van der Waals surface area contributed by atoms with Gasteiger partial charge in [0.05, 0.1) is 19.8 Å². The normalized spacial score (nSPS) is 16.3. The van der Waals surface area contributed by atoms with Gasteiger partial charge in [0, 0.05) is 5.56 Å². The molecule has 5 heteroatoms. The lowest BCUT2D eigenvalue weighted by Crippen LogP contribution is -2.16. The third-order valence-corrected chi connectivity index (χ3v) is 4.79. The molecule has 1 heterocycles. The van der Waals surface area contributed by atoms with Crippen molar-refractivity contribution in [3.05, 3.63) is 59.2 Å². The summed E-state index contributed by atoms with van der Waals surface area (Å²) in [7, 11) is 3.04. The van der Waals surface area contributed by atoms with E-state index in [0.717, 1.165) is 16.9 Å². The monoisotopic (exact) mass is 368 g/mol. The van der Waals surface area contributed by atoms with Gasteiger partial charge in [-0.1, -0.05) is 30.4 Å². The summed E-state index contributed by atoms with van der Waals surface area (Å²) in [6.07, 6.45) is 4.58. The molecule has 0 saturated heterocycles. The summed E-state index contributed by atoms with van der Waals surface area (Å²) in [5.74, 6) is 1.08. The number of rotatable bonds is 5. The van der Waals surface area contributed by atoms with Crippen LogP contribution in [0.3, 0.4) is 0 Å². The van der Waals surface area contributed by atoms with Gasteiger partial charge in [-0.2, -0.15) is 0 Å². The van der Waals surface area contributed by atoms with Crippen LogP contribution in [0.25, 0.3) is 6.08 Å². The zero-order chi connectivity index (χ0) is 19.6. The first kappa shape index (κ1) is 18.7. The molecular formula is C22H24O5. The van der Waals surface area contributed by atoms with Gasteiger partial charge in [0.15, 0.2) is 11.5 Å². The summed E-state index contributed by atoms with van der Waals surface area (Å²) in [4.78, 5) is 0. The number of benzene rings is 2. The van der Waals surface area contributed by atoms with Gasteiger partial charge in [0.25, 0.3) is 0 Å². The Morgan fingerprint density at radius 2 is 1.85 bits per heavy atom. The molecule has 0 fully saturated rings. The molecule has 27 heavy (non-hydrogen) atoms. The van der Waals surface area contributed by atoms with Gasteiger partial charge in [-0.15, -0.1) is 0 Å². The predicted octanol–water partition coefficient (Wildman–Crippen LogP) is 4.77. The van der Waals surface area contributed by atoms with Crippen LogP contribution in [0.2, 0.25) is 0 Å². The Labute approximate surface area is 159 Å². The fourth-order valence-electron chi connectivity index (χ4n) is 3.26. The van der Waals surface area contributed by atoms with Crippen LogP contribution in [-0.4, -0.2) is 24.4 Å². The zero-order valence-corrected chi connectivity index (χ0v) is 15.8. The first-order valence-electron chi connectivity index (χ1n) is 8.76. The van der Waals surface area contributed by atoms with E-state index in [2.05, 4.69) is 6.58 Å². The van der Waals surface area contributed by atoms with Crippen LogP contribution in [0.4, 0.5) is 0 Å². The molecule has 142 valence electrons. The highest BCUT2D eigenvalue weighted by molar-refractivity contribution is 5.76. The molecule has 5 nitrogen and oxygen atoms in total. The van der Waals surface area contributed by atoms with Crippen LogP contribution in [-0.2, 0) is 6.42 Å². The lowest BCUT2D eigenvalue weighted by Gasteiger charge is -2.29. The molecule has 0 amide bonds. The van der Waals surface area contributed by atoms with Crippen molar-refractivity contribution in [2.24, 2.45) is 0 Å². The molecule has 0 spiro atoms. The topological polar surface area (TPSA) is 68.2 Å². The highest BCUT2D eigenvalue weighted by atomic mass is 16.5. The average molecular weight is 368 g/mol. The van der Waals surface area contributed by atoms with Gasteiger partial charge >= 0.3 is 0 Å². The Morgan fingerprint density at radius 3 is 2.44 bits per heavy atom. The van der Waals surface area contributed by atoms with E-state index in [1.165, 1.54) is 7.11 Å². The molecule has 0 aromatic heterocycles. The third-order valence-electron chi connectivity index (χ3n) is 4.79. The summed E-state index contributed by atoms with van der Waals surface area (Å²) in [6, 6.07) is 7.70. The maximum Gasteiger partial charge on any atom is 0.204 e. The summed E-state index contributed by atoms with van der Waals surface area (Å²) < 4.78 is 16.7. The first-order valence-corrected chi connectivity index (χ1v) is 8.76. The molecule has 2 aromatic rings. The highest BCUT2D eigenvalue weighted by Crippen LogP contribution is 2.52. The summed E-state index contributed by atoms with van der Waals surface area (Å²) in [5, 5.41) is 21.2. The minimum Gasteiger partial charge on any atom is -0.504 e. The lowest BCUT2D eigenvalue weighted by molar-refractivity contribution is 0.172. The van der Waals surface area contributed by atoms with Gasteiger partial charge in [-0.25, -0.2) is 0 Å². The molecule has 2 aromatic carbocycles. The van der Waals surface area contributed by atoms with Crippen LogP contribution in [0.5, 0.6) is 28.7 Å². The minimum absolute atomic E-state index is 0.0587. The molecule has 0 radical (unpaired) electrons. The van der Waals surface area contributed by atoms with E-state index < -0.39 is 0 Å². The third kappa shape index (κ3) is 3.45. The standard InChI is InChI=1S/C22H24O5/c1-5-13(2)12-17-20(24)22(26-4)19(23)16-10-11-18(27-21(16)17)14-6-8-15(25-3)9-7-14/h5-9,12,18,23-24H,1,10-11H2,2-4H3/b13-12+. The molecule has 3 rings (SSSR count). The quantitative estimate of drug-likeness (QED) is 0.744. The van der Waals surface area contributed by atoms with E-state index in [0.29, 0.717) is 29.7 Å². The molecule has 0 bridgehead atoms. The predicted molar refractivity (Wildman–Crippen MR) is 105 cm³/mol. The van der Waals surface area contributed by atoms with Crippen molar-refractivity contribution < 1.29 is 24.4 Å². The second kappa shape index (κ2) is 7.66. The maximum absolute atomic E-state index is 10.6. The number of aromatic hydroxyl groups is 2. The van der Waals surface area contributed by atoms with Crippen LogP contribution in [0, 0.1) is 0 Å². The van der Waals surface area contributed by atoms with E-state index in [1.54, 1.807) is 19.3 Å². The van der Waals surface area contributed by atoms with Crippen molar-refractivity contribution in [1.29, 1.82) is 0 Å². The van der Waals surface area contributed by atoms with Gasteiger partial charge in [0.1, 0.15) is 17.6 Å². The Hall–Kier alpha value is -3.08. The molecule has 1 aliphatic rings. The number of phenolic OH excluding ortho intramolecular Hbond substituents is 2. The van der Waals surface area contributed by atoms with Gasteiger partial charge in [-0.05, 0) is 43.5 Å². The smallest absolute Gasteiger partial charge is 0.204 e. The minimum atomic E-state index is -0.188. The van der Waals surface area contributed by atoms with E-state index in [1.807, 2.05) is 31.2 Å². The van der Waals surface area contributed by atoms with Crippen LogP contribution >= 0.6 is 0 Å². The van der Waals surface area contributed by atoms with Crippen molar-refractivity contribution in [3.63, 3.8) is 0 Å². The largest absolute Gasteiger partial charge is 0.504 e. The molecule has 0 aliphatic carbocycles. The van der Waals surface area contributed by atoms with E-state index in [9.17, 15) is 10.2 Å². The van der Waals surface area contributed by atoms with E-state index in [-0.39, 0.29) is 23.4 Å². The zero-order valence-electron chi connectivity index (χ0n) is 15.8. The molecule has 1 aliphatic heterocycles. The van der Waals surface area contributed by atoms with Crippen molar-refractivity contribution in [3.8, 4) is 28.7 Å². The molecule has 1 atom stereocenters. The van der Waals surface area contributed by atoms with Crippen molar-refractivity contribution in [2.75, 3.05) is 14.2 Å². The highest BCUT2D eigenvalue weighted by Gasteiger charge is 2.31.